The molecule has 3 amide bonds. The quantitative estimate of drug-likeness (QED) is 0.0913. The number of rotatable bonds is 6. The van der Waals surface area contributed by atoms with Crippen LogP contribution in [-0.4, -0.2) is 52.3 Å². The Bertz CT molecular complexity index is 1830. The van der Waals surface area contributed by atoms with Crippen molar-refractivity contribution in [3.63, 3.8) is 0 Å². The Hall–Kier alpha value is -5.26. The first-order valence-electron chi connectivity index (χ1n) is 12.7. The van der Waals surface area contributed by atoms with Gasteiger partial charge in [0.2, 0.25) is 0 Å². The van der Waals surface area contributed by atoms with Gasteiger partial charge in [0, 0.05) is 24.0 Å². The second-order valence-corrected chi connectivity index (χ2v) is 9.73. The fourth-order valence-electron chi connectivity index (χ4n) is 5.20. The van der Waals surface area contributed by atoms with Crippen molar-refractivity contribution in [1.29, 1.82) is 0 Å². The number of carbonyl (C=O) groups excluding carboxylic acids is 5. The van der Waals surface area contributed by atoms with Gasteiger partial charge in [-0.2, -0.15) is 0 Å². The zero-order valence-corrected chi connectivity index (χ0v) is 21.3. The fraction of sp³-hybridized carbons (Fsp3) is 0.133. The summed E-state index contributed by atoms with van der Waals surface area (Å²) in [5.74, 6) is -13.7. The molecular weight excluding hydrogens is 558 g/mol. The fourth-order valence-corrected chi connectivity index (χ4v) is 5.20. The number of aromatic nitrogens is 1. The van der Waals surface area contributed by atoms with Crippen molar-refractivity contribution in [2.75, 3.05) is 13.1 Å². The summed E-state index contributed by atoms with van der Waals surface area (Å²) < 4.78 is 55.9. The van der Waals surface area contributed by atoms with E-state index in [1.165, 1.54) is 30.3 Å². The molecule has 1 aliphatic heterocycles. The molecule has 0 spiro atoms. The van der Waals surface area contributed by atoms with Gasteiger partial charge in [-0.25, -0.2) is 17.6 Å². The number of ketones is 2. The van der Waals surface area contributed by atoms with Gasteiger partial charge in [-0.05, 0) is 42.8 Å². The van der Waals surface area contributed by atoms with Crippen LogP contribution in [0.5, 0.6) is 0 Å². The summed E-state index contributed by atoms with van der Waals surface area (Å²) in [6.45, 7) is 0.287. The lowest BCUT2D eigenvalue weighted by Crippen LogP contribution is -2.33. The maximum absolute atomic E-state index is 14.3. The summed E-state index contributed by atoms with van der Waals surface area (Å²) in [7, 11) is 0. The molecule has 42 heavy (non-hydrogen) atoms. The van der Waals surface area contributed by atoms with Gasteiger partial charge in [0.05, 0.1) is 33.5 Å². The van der Waals surface area contributed by atoms with E-state index in [1.807, 2.05) is 0 Å². The summed E-state index contributed by atoms with van der Waals surface area (Å²) in [5, 5.41) is 3.14. The van der Waals surface area contributed by atoms with Crippen LogP contribution >= 0.6 is 0 Å². The normalized spacial score (nSPS) is 14.6. The molecule has 0 unspecified atom stereocenters. The van der Waals surface area contributed by atoms with Crippen LogP contribution in [0.3, 0.4) is 0 Å². The first-order chi connectivity index (χ1) is 20.1. The van der Waals surface area contributed by atoms with Crippen LogP contribution in [0.1, 0.15) is 69.8 Å². The Kier molecular flexibility index (Phi) is 6.40. The van der Waals surface area contributed by atoms with Crippen molar-refractivity contribution >= 4 is 40.2 Å². The van der Waals surface area contributed by atoms with Gasteiger partial charge in [0.25, 0.3) is 17.7 Å². The molecule has 0 atom stereocenters. The molecule has 0 saturated heterocycles. The predicted molar refractivity (Wildman–Crippen MR) is 138 cm³/mol. The minimum Gasteiger partial charge on any atom is -0.352 e. The number of Topliss-reactive ketones (excluding diaryl/α,β-unsaturated/α-hetero) is 2. The van der Waals surface area contributed by atoms with Crippen molar-refractivity contribution in [3.8, 4) is 0 Å². The lowest BCUT2D eigenvalue weighted by Gasteiger charge is -2.14. The number of fused-ring (bicyclic) bond motifs is 3. The monoisotopic (exact) mass is 575 g/mol. The molecule has 8 nitrogen and oxygen atoms in total. The minimum absolute atomic E-state index is 0.118. The van der Waals surface area contributed by atoms with Crippen LogP contribution in [0.25, 0.3) is 10.9 Å². The highest BCUT2D eigenvalue weighted by Gasteiger charge is 2.47. The summed E-state index contributed by atoms with van der Waals surface area (Å²) in [4.78, 5) is 68.5. The van der Waals surface area contributed by atoms with Gasteiger partial charge in [0.1, 0.15) is 5.92 Å². The van der Waals surface area contributed by atoms with E-state index in [1.54, 1.807) is 24.3 Å². The third-order valence-electron chi connectivity index (χ3n) is 7.28. The number of imide groups is 1. The van der Waals surface area contributed by atoms with Crippen LogP contribution in [0.15, 0.2) is 54.6 Å². The van der Waals surface area contributed by atoms with Crippen LogP contribution in [-0.2, 0) is 0 Å². The highest BCUT2D eigenvalue weighted by Crippen LogP contribution is 2.38. The van der Waals surface area contributed by atoms with Crippen LogP contribution in [0.4, 0.5) is 17.6 Å². The zero-order chi connectivity index (χ0) is 29.9. The number of hydrogen-bond donors (Lipinski definition) is 1. The molecule has 210 valence electrons. The molecule has 12 heteroatoms. The van der Waals surface area contributed by atoms with Gasteiger partial charge in [-0.3, -0.25) is 33.9 Å². The Morgan fingerprint density at radius 3 is 1.98 bits per heavy atom. The number of pyridine rings is 1. The molecule has 2 aliphatic rings. The summed E-state index contributed by atoms with van der Waals surface area (Å²) in [6, 6.07) is 13.6. The Morgan fingerprint density at radius 1 is 0.786 bits per heavy atom. The van der Waals surface area contributed by atoms with E-state index < -0.39 is 57.8 Å². The van der Waals surface area contributed by atoms with Crippen LogP contribution in [0, 0.1) is 23.3 Å². The standard InChI is InChI=1S/C30H17F4N3O5/c31-22-20-21(23(32)25(34)24(22)33)27(39)19(26(20)38)18-9-6-13-12-14(7-8-17(13)36-18)28(40)35-10-3-11-37-29(41)15-4-1-2-5-16(15)30(37)42/h1-2,4-9,12,19H,3,10-11H2,(H,35,40). The Balaban J connectivity index is 1.13. The van der Waals surface area contributed by atoms with Gasteiger partial charge in [-0.1, -0.05) is 18.2 Å². The van der Waals surface area contributed by atoms with E-state index in [0.717, 1.165) is 4.90 Å². The third-order valence-corrected chi connectivity index (χ3v) is 7.28. The third kappa shape index (κ3) is 4.06. The molecule has 3 aromatic carbocycles. The molecule has 0 radical (unpaired) electrons. The van der Waals surface area contributed by atoms with Crippen molar-refractivity contribution < 1.29 is 41.5 Å². The molecule has 4 aromatic rings. The average Bonchev–Trinajstić information content (AvgIpc) is 3.40. The SMILES string of the molecule is O=C(NCCCN1C(=O)c2ccccc2C1=O)c1ccc2nc(C3C(=O)c4c(F)c(F)c(F)c(F)c4C3=O)ccc2c1. The number of halogens is 4. The predicted octanol–water partition coefficient (Wildman–Crippen LogP) is 4.37. The van der Waals surface area contributed by atoms with E-state index in [2.05, 4.69) is 10.3 Å². The van der Waals surface area contributed by atoms with Crippen molar-refractivity contribution in [1.82, 2.24) is 15.2 Å². The average molecular weight is 575 g/mol. The van der Waals surface area contributed by atoms with Gasteiger partial charge >= 0.3 is 0 Å². The second kappa shape index (κ2) is 9.98. The lowest BCUT2D eigenvalue weighted by atomic mass is 9.98. The summed E-state index contributed by atoms with van der Waals surface area (Å²) in [6.07, 6.45) is 0.316. The highest BCUT2D eigenvalue weighted by molar-refractivity contribution is 6.30. The molecule has 2 heterocycles. The summed E-state index contributed by atoms with van der Waals surface area (Å²) >= 11 is 0. The summed E-state index contributed by atoms with van der Waals surface area (Å²) in [5.41, 5.74) is -1.33. The number of carbonyl (C=O) groups is 5. The Morgan fingerprint density at radius 2 is 1.38 bits per heavy atom. The topological polar surface area (TPSA) is 114 Å². The number of hydrogen-bond acceptors (Lipinski definition) is 6. The van der Waals surface area contributed by atoms with Crippen molar-refractivity contribution in [2.45, 2.75) is 12.3 Å². The maximum atomic E-state index is 14.3. The number of nitrogens with zero attached hydrogens (tertiary/aromatic N) is 2. The van der Waals surface area contributed by atoms with E-state index in [9.17, 15) is 41.5 Å². The van der Waals surface area contributed by atoms with Gasteiger partial charge < -0.3 is 5.32 Å². The molecule has 1 aromatic heterocycles. The molecule has 6 rings (SSSR count). The highest BCUT2D eigenvalue weighted by atomic mass is 19.2. The molecule has 0 fully saturated rings. The molecule has 1 N–H and O–H groups in total. The van der Waals surface area contributed by atoms with E-state index in [0.29, 0.717) is 22.9 Å². The smallest absolute Gasteiger partial charge is 0.261 e. The molecule has 0 bridgehead atoms. The van der Waals surface area contributed by atoms with Crippen molar-refractivity contribution in [2.24, 2.45) is 0 Å². The second-order valence-electron chi connectivity index (χ2n) is 9.73. The first-order valence-corrected chi connectivity index (χ1v) is 12.7. The number of amides is 3. The Labute approximate surface area is 233 Å². The van der Waals surface area contributed by atoms with E-state index >= 15 is 0 Å². The van der Waals surface area contributed by atoms with Gasteiger partial charge in [0.15, 0.2) is 34.8 Å². The molecule has 1 aliphatic carbocycles. The first kappa shape index (κ1) is 26.9. The molecule has 0 saturated carbocycles. The number of nitrogens with one attached hydrogen (secondary N) is 1. The zero-order valence-electron chi connectivity index (χ0n) is 21.3. The van der Waals surface area contributed by atoms with Crippen LogP contribution < -0.4 is 5.32 Å². The van der Waals surface area contributed by atoms with Crippen LogP contribution in [0.2, 0.25) is 0 Å². The van der Waals surface area contributed by atoms with E-state index in [-0.39, 0.29) is 41.7 Å². The lowest BCUT2D eigenvalue weighted by molar-refractivity contribution is 0.0652. The van der Waals surface area contributed by atoms with E-state index in [4.69, 9.17) is 0 Å². The van der Waals surface area contributed by atoms with Gasteiger partial charge in [-0.15, -0.1) is 0 Å². The number of benzene rings is 3. The molecular formula is C30H17F4N3O5. The maximum Gasteiger partial charge on any atom is 0.261 e. The largest absolute Gasteiger partial charge is 0.352 e. The van der Waals surface area contributed by atoms with Crippen molar-refractivity contribution in [3.05, 3.63) is 111 Å². The minimum atomic E-state index is -2.19.